The first-order valence-electron chi connectivity index (χ1n) is 8.42. The highest BCUT2D eigenvalue weighted by molar-refractivity contribution is 7.89. The summed E-state index contributed by atoms with van der Waals surface area (Å²) >= 11 is 0. The monoisotopic (exact) mass is 370 g/mol. The van der Waals surface area contributed by atoms with Gasteiger partial charge in [-0.2, -0.15) is 0 Å². The topological polar surface area (TPSA) is 76.2 Å². The summed E-state index contributed by atoms with van der Waals surface area (Å²) in [5.41, 5.74) is 0.452. The second kappa shape index (κ2) is 8.53. The molecule has 0 aromatic heterocycles. The molecule has 1 amide bonds. The average molecular weight is 370 g/mol. The molecule has 7 nitrogen and oxygen atoms in total. The van der Waals surface area contributed by atoms with Crippen LogP contribution >= 0.6 is 0 Å². The van der Waals surface area contributed by atoms with Crippen molar-refractivity contribution in [2.75, 3.05) is 46.2 Å². The van der Waals surface area contributed by atoms with E-state index in [9.17, 15) is 13.2 Å². The molecule has 0 spiro atoms. The molecular weight excluding hydrogens is 344 g/mol. The van der Waals surface area contributed by atoms with Gasteiger partial charge >= 0.3 is 0 Å². The lowest BCUT2D eigenvalue weighted by Gasteiger charge is -2.22. The normalized spacial score (nSPS) is 16.4. The smallest absolute Gasteiger partial charge is 0.257 e. The Hall–Kier alpha value is -1.80. The molecule has 0 saturated carbocycles. The van der Waals surface area contributed by atoms with E-state index in [0.29, 0.717) is 56.1 Å². The van der Waals surface area contributed by atoms with Crippen LogP contribution in [0.3, 0.4) is 0 Å². The quantitative estimate of drug-likeness (QED) is 0.760. The summed E-state index contributed by atoms with van der Waals surface area (Å²) in [5, 5.41) is 0. The highest BCUT2D eigenvalue weighted by atomic mass is 32.2. The van der Waals surface area contributed by atoms with Crippen LogP contribution < -0.4 is 9.47 Å². The third-order valence-electron chi connectivity index (χ3n) is 4.24. The maximum atomic E-state index is 12.9. The van der Waals surface area contributed by atoms with Crippen molar-refractivity contribution in [1.29, 1.82) is 0 Å². The second-order valence-corrected chi connectivity index (χ2v) is 8.02. The van der Waals surface area contributed by atoms with Crippen molar-refractivity contribution in [2.45, 2.75) is 19.8 Å². The Morgan fingerprint density at radius 3 is 2.52 bits per heavy atom. The van der Waals surface area contributed by atoms with Gasteiger partial charge in [0, 0.05) is 32.2 Å². The Labute approximate surface area is 149 Å². The largest absolute Gasteiger partial charge is 0.497 e. The standard InChI is InChI=1S/C17H26N2O5S/c1-4-12-25(21,22)19-9-5-8-18(10-11-19)17(20)15-7-6-14(23-2)13-16(15)24-3/h6-7,13H,4-5,8-12H2,1-3H3. The summed E-state index contributed by atoms with van der Waals surface area (Å²) in [6, 6.07) is 5.06. The number of hydrogen-bond acceptors (Lipinski definition) is 5. The van der Waals surface area contributed by atoms with E-state index in [4.69, 9.17) is 9.47 Å². The summed E-state index contributed by atoms with van der Waals surface area (Å²) in [7, 11) is -0.179. The minimum absolute atomic E-state index is 0.146. The van der Waals surface area contributed by atoms with Crippen LogP contribution in [0.25, 0.3) is 0 Å². The van der Waals surface area contributed by atoms with Crippen LogP contribution in [0.1, 0.15) is 30.1 Å². The molecule has 25 heavy (non-hydrogen) atoms. The third kappa shape index (κ3) is 4.64. The molecule has 0 atom stereocenters. The number of benzene rings is 1. The van der Waals surface area contributed by atoms with E-state index >= 15 is 0 Å². The number of nitrogens with zero attached hydrogens (tertiary/aromatic N) is 2. The maximum absolute atomic E-state index is 12.9. The Morgan fingerprint density at radius 1 is 1.12 bits per heavy atom. The van der Waals surface area contributed by atoms with E-state index in [0.717, 1.165) is 0 Å². The Balaban J connectivity index is 2.14. The van der Waals surface area contributed by atoms with E-state index in [1.54, 1.807) is 30.2 Å². The lowest BCUT2D eigenvalue weighted by molar-refractivity contribution is 0.0761. The van der Waals surface area contributed by atoms with Gasteiger partial charge in [0.25, 0.3) is 5.91 Å². The van der Waals surface area contributed by atoms with Gasteiger partial charge < -0.3 is 14.4 Å². The number of sulfonamides is 1. The minimum Gasteiger partial charge on any atom is -0.497 e. The summed E-state index contributed by atoms with van der Waals surface area (Å²) in [5.74, 6) is 1.05. The minimum atomic E-state index is -3.24. The highest BCUT2D eigenvalue weighted by Crippen LogP contribution is 2.26. The van der Waals surface area contributed by atoms with Gasteiger partial charge in [0.05, 0.1) is 25.5 Å². The number of carbonyl (C=O) groups is 1. The van der Waals surface area contributed by atoms with Gasteiger partial charge in [0.1, 0.15) is 11.5 Å². The SMILES string of the molecule is CCCS(=O)(=O)N1CCCN(C(=O)c2ccc(OC)cc2OC)CC1. The molecule has 0 unspecified atom stereocenters. The summed E-state index contributed by atoms with van der Waals surface area (Å²) in [4.78, 5) is 14.5. The first-order valence-corrected chi connectivity index (χ1v) is 10.0. The number of hydrogen-bond donors (Lipinski definition) is 0. The molecule has 1 aromatic carbocycles. The van der Waals surface area contributed by atoms with Gasteiger partial charge in [-0.15, -0.1) is 0 Å². The molecule has 8 heteroatoms. The second-order valence-electron chi connectivity index (χ2n) is 5.93. The van der Waals surface area contributed by atoms with Gasteiger partial charge in [-0.05, 0) is 25.0 Å². The van der Waals surface area contributed by atoms with Crippen molar-refractivity contribution >= 4 is 15.9 Å². The van der Waals surface area contributed by atoms with Gasteiger partial charge in [0.2, 0.25) is 10.0 Å². The van der Waals surface area contributed by atoms with E-state index in [-0.39, 0.29) is 11.7 Å². The molecule has 1 heterocycles. The van der Waals surface area contributed by atoms with Gasteiger partial charge in [0.15, 0.2) is 0 Å². The number of ether oxygens (including phenoxy) is 2. The van der Waals surface area contributed by atoms with Crippen molar-refractivity contribution in [3.8, 4) is 11.5 Å². The van der Waals surface area contributed by atoms with Crippen molar-refractivity contribution in [3.63, 3.8) is 0 Å². The van der Waals surface area contributed by atoms with E-state index in [2.05, 4.69) is 0 Å². The third-order valence-corrected chi connectivity index (χ3v) is 6.31. The molecule has 0 radical (unpaired) electrons. The van der Waals surface area contributed by atoms with Crippen LogP contribution in [0.4, 0.5) is 0 Å². The van der Waals surface area contributed by atoms with Crippen LogP contribution in [0, 0.1) is 0 Å². The van der Waals surface area contributed by atoms with Crippen LogP contribution in [-0.4, -0.2) is 69.7 Å². The maximum Gasteiger partial charge on any atom is 0.257 e. The Bertz CT molecular complexity index is 705. The van der Waals surface area contributed by atoms with Crippen molar-refractivity contribution in [1.82, 2.24) is 9.21 Å². The first kappa shape index (κ1) is 19.5. The van der Waals surface area contributed by atoms with E-state index in [1.165, 1.54) is 11.4 Å². The van der Waals surface area contributed by atoms with Crippen molar-refractivity contribution < 1.29 is 22.7 Å². The van der Waals surface area contributed by atoms with Crippen molar-refractivity contribution in [2.24, 2.45) is 0 Å². The lowest BCUT2D eigenvalue weighted by atomic mass is 10.1. The summed E-state index contributed by atoms with van der Waals surface area (Å²) < 4.78 is 36.4. The van der Waals surface area contributed by atoms with Crippen LogP contribution in [0.5, 0.6) is 11.5 Å². The molecule has 1 saturated heterocycles. The Kier molecular flexibility index (Phi) is 6.66. The fourth-order valence-corrected chi connectivity index (χ4v) is 4.45. The molecule has 1 aliphatic rings. The fraction of sp³-hybridized carbons (Fsp3) is 0.588. The highest BCUT2D eigenvalue weighted by Gasteiger charge is 2.27. The van der Waals surface area contributed by atoms with Crippen LogP contribution in [0.15, 0.2) is 18.2 Å². The van der Waals surface area contributed by atoms with E-state index in [1.807, 2.05) is 6.92 Å². The molecule has 1 aromatic rings. The Morgan fingerprint density at radius 2 is 1.88 bits per heavy atom. The molecule has 1 aliphatic heterocycles. The zero-order valence-electron chi connectivity index (χ0n) is 15.0. The molecule has 0 aliphatic carbocycles. The van der Waals surface area contributed by atoms with Crippen molar-refractivity contribution in [3.05, 3.63) is 23.8 Å². The predicted octanol–water partition coefficient (Wildman–Crippen LogP) is 1.59. The molecular formula is C17H26N2O5S. The molecule has 0 N–H and O–H groups in total. The molecule has 2 rings (SSSR count). The van der Waals surface area contributed by atoms with Crippen LogP contribution in [-0.2, 0) is 10.0 Å². The fourth-order valence-electron chi connectivity index (χ4n) is 2.91. The molecule has 1 fully saturated rings. The van der Waals surface area contributed by atoms with Gasteiger partial charge in [-0.3, -0.25) is 4.79 Å². The van der Waals surface area contributed by atoms with Gasteiger partial charge in [-0.25, -0.2) is 12.7 Å². The number of rotatable bonds is 6. The van der Waals surface area contributed by atoms with Crippen LogP contribution in [0.2, 0.25) is 0 Å². The number of methoxy groups -OCH3 is 2. The summed E-state index contributed by atoms with van der Waals surface area (Å²) in [6.45, 7) is 3.52. The lowest BCUT2D eigenvalue weighted by Crippen LogP contribution is -2.38. The predicted molar refractivity (Wildman–Crippen MR) is 95.7 cm³/mol. The number of amides is 1. The number of carbonyl (C=O) groups excluding carboxylic acids is 1. The van der Waals surface area contributed by atoms with Gasteiger partial charge in [-0.1, -0.05) is 6.92 Å². The molecule has 140 valence electrons. The first-order chi connectivity index (χ1) is 11.9. The summed E-state index contributed by atoms with van der Waals surface area (Å²) in [6.07, 6.45) is 1.21. The average Bonchev–Trinajstić information content (AvgIpc) is 2.87. The zero-order valence-corrected chi connectivity index (χ0v) is 15.8. The zero-order chi connectivity index (χ0) is 18.4. The van der Waals surface area contributed by atoms with E-state index < -0.39 is 10.0 Å². The molecule has 0 bridgehead atoms.